The van der Waals surface area contributed by atoms with E-state index in [1.807, 2.05) is 0 Å². The number of hydrogen-bond acceptors (Lipinski definition) is 6. The van der Waals surface area contributed by atoms with Gasteiger partial charge in [0.05, 0.1) is 25.2 Å². The summed E-state index contributed by atoms with van der Waals surface area (Å²) in [6.45, 7) is 1.43. The molecule has 0 fully saturated rings. The zero-order valence-corrected chi connectivity index (χ0v) is 14.3. The molecule has 0 saturated heterocycles. The van der Waals surface area contributed by atoms with Crippen LogP contribution in [0.15, 0.2) is 36.4 Å². The van der Waals surface area contributed by atoms with Crippen molar-refractivity contribution in [1.29, 1.82) is 0 Å². The highest BCUT2D eigenvalue weighted by molar-refractivity contribution is 5.94. The van der Waals surface area contributed by atoms with Gasteiger partial charge in [-0.25, -0.2) is 4.39 Å². The van der Waals surface area contributed by atoms with E-state index < -0.39 is 28.4 Å². The van der Waals surface area contributed by atoms with E-state index in [1.54, 1.807) is 18.2 Å². The van der Waals surface area contributed by atoms with Gasteiger partial charge in [0.25, 0.3) is 11.6 Å². The molecule has 0 aliphatic carbocycles. The largest absolute Gasteiger partial charge is 0.493 e. The molecule has 9 heteroatoms. The van der Waals surface area contributed by atoms with Gasteiger partial charge in [0.1, 0.15) is 0 Å². The highest BCUT2D eigenvalue weighted by Crippen LogP contribution is 2.30. The molecule has 26 heavy (non-hydrogen) atoms. The van der Waals surface area contributed by atoms with Crippen molar-refractivity contribution in [2.45, 2.75) is 13.0 Å². The van der Waals surface area contributed by atoms with E-state index in [2.05, 4.69) is 5.32 Å². The van der Waals surface area contributed by atoms with Gasteiger partial charge in [0.2, 0.25) is 0 Å². The van der Waals surface area contributed by atoms with Gasteiger partial charge in [0, 0.05) is 17.8 Å². The van der Waals surface area contributed by atoms with Crippen LogP contribution in [0.5, 0.6) is 17.2 Å². The Balaban J connectivity index is 2.07. The van der Waals surface area contributed by atoms with Gasteiger partial charge in [-0.1, -0.05) is 0 Å². The maximum absolute atomic E-state index is 13.9. The summed E-state index contributed by atoms with van der Waals surface area (Å²) in [5.74, 6) is -0.784. The summed E-state index contributed by atoms with van der Waals surface area (Å²) in [4.78, 5) is 22.1. The van der Waals surface area contributed by atoms with Crippen molar-refractivity contribution in [3.63, 3.8) is 0 Å². The first-order chi connectivity index (χ1) is 12.3. The van der Waals surface area contributed by atoms with Gasteiger partial charge in [-0.3, -0.25) is 14.9 Å². The lowest BCUT2D eigenvalue weighted by Gasteiger charge is -2.16. The molecule has 0 aromatic heterocycles. The number of anilines is 1. The van der Waals surface area contributed by atoms with Gasteiger partial charge in [-0.15, -0.1) is 0 Å². The standard InChI is InChI=1S/C17H17FN2O6/c1-10(26-14-7-5-12(20(22)23)9-13(14)18)17(21)19-11-4-6-15(24-2)16(8-11)25-3/h4-10H,1-3H3,(H,19,21)/t10-/m1/s1. The number of nitrogens with zero attached hydrogens (tertiary/aromatic N) is 1. The molecule has 0 heterocycles. The normalized spacial score (nSPS) is 11.4. The second kappa shape index (κ2) is 8.15. The molecule has 2 rings (SSSR count). The summed E-state index contributed by atoms with van der Waals surface area (Å²) in [6.07, 6.45) is -1.04. The summed E-state index contributed by atoms with van der Waals surface area (Å²) in [5.41, 5.74) is 0.0320. The quantitative estimate of drug-likeness (QED) is 0.598. The molecule has 1 atom stereocenters. The number of rotatable bonds is 7. The monoisotopic (exact) mass is 364 g/mol. The minimum Gasteiger partial charge on any atom is -0.493 e. The maximum atomic E-state index is 13.9. The number of non-ortho nitro benzene ring substituents is 1. The highest BCUT2D eigenvalue weighted by Gasteiger charge is 2.19. The third-order valence-electron chi connectivity index (χ3n) is 3.45. The molecule has 0 aliphatic rings. The number of ether oxygens (including phenoxy) is 3. The van der Waals surface area contributed by atoms with E-state index in [9.17, 15) is 19.3 Å². The number of nitrogens with one attached hydrogen (secondary N) is 1. The second-order valence-electron chi connectivity index (χ2n) is 5.19. The average molecular weight is 364 g/mol. The number of amides is 1. The topological polar surface area (TPSA) is 99.9 Å². The molecule has 2 aromatic carbocycles. The minimum atomic E-state index is -1.04. The summed E-state index contributed by atoms with van der Waals surface area (Å²) in [6, 6.07) is 7.73. The molecule has 2 aromatic rings. The predicted molar refractivity (Wildman–Crippen MR) is 91.3 cm³/mol. The SMILES string of the molecule is COc1ccc(NC(=O)[C@@H](C)Oc2ccc([N+](=O)[O-])cc2F)cc1OC. The Morgan fingerprint density at radius 2 is 1.77 bits per heavy atom. The maximum Gasteiger partial charge on any atom is 0.272 e. The average Bonchev–Trinajstić information content (AvgIpc) is 2.62. The molecule has 8 nitrogen and oxygen atoms in total. The van der Waals surface area contributed by atoms with Crippen molar-refractivity contribution in [3.05, 3.63) is 52.3 Å². The van der Waals surface area contributed by atoms with E-state index >= 15 is 0 Å². The number of carbonyl (C=O) groups excluding carboxylic acids is 1. The van der Waals surface area contributed by atoms with Crippen LogP contribution >= 0.6 is 0 Å². The Kier molecular flexibility index (Phi) is 5.94. The fraction of sp³-hybridized carbons (Fsp3) is 0.235. The number of halogens is 1. The number of hydrogen-bond donors (Lipinski definition) is 1. The van der Waals surface area contributed by atoms with E-state index in [0.29, 0.717) is 17.2 Å². The van der Waals surface area contributed by atoms with Gasteiger partial charge >= 0.3 is 0 Å². The molecule has 0 saturated carbocycles. The van der Waals surface area contributed by atoms with E-state index in [1.165, 1.54) is 21.1 Å². The zero-order valence-electron chi connectivity index (χ0n) is 14.3. The second-order valence-corrected chi connectivity index (χ2v) is 5.19. The molecule has 0 radical (unpaired) electrons. The van der Waals surface area contributed by atoms with Crippen LogP contribution in [0.1, 0.15) is 6.92 Å². The lowest BCUT2D eigenvalue weighted by atomic mass is 10.2. The molecule has 0 bridgehead atoms. The van der Waals surface area contributed by atoms with E-state index in [4.69, 9.17) is 14.2 Å². The van der Waals surface area contributed by atoms with Crippen molar-refractivity contribution in [2.24, 2.45) is 0 Å². The molecular weight excluding hydrogens is 347 g/mol. The fourth-order valence-electron chi connectivity index (χ4n) is 2.10. The summed E-state index contributed by atoms with van der Waals surface area (Å²) < 4.78 is 29.4. The molecule has 1 N–H and O–H groups in total. The van der Waals surface area contributed by atoms with E-state index in [0.717, 1.165) is 18.2 Å². The molecule has 138 valence electrons. The first-order valence-electron chi connectivity index (χ1n) is 7.49. The third-order valence-corrected chi connectivity index (χ3v) is 3.45. The Hall–Kier alpha value is -3.36. The first kappa shape index (κ1) is 19.0. The Labute approximate surface area is 148 Å². The van der Waals surface area contributed by atoms with Gasteiger partial charge < -0.3 is 19.5 Å². The molecule has 0 unspecified atom stereocenters. The number of methoxy groups -OCH3 is 2. The van der Waals surface area contributed by atoms with Gasteiger partial charge in [-0.05, 0) is 25.1 Å². The summed E-state index contributed by atoms with van der Waals surface area (Å²) in [7, 11) is 2.96. The van der Waals surface area contributed by atoms with Crippen LogP contribution in [0, 0.1) is 15.9 Å². The van der Waals surface area contributed by atoms with Gasteiger partial charge in [-0.2, -0.15) is 0 Å². The van der Waals surface area contributed by atoms with Crippen molar-refractivity contribution in [3.8, 4) is 17.2 Å². The molecule has 1 amide bonds. The van der Waals surface area contributed by atoms with Crippen LogP contribution in [0.25, 0.3) is 0 Å². The van der Waals surface area contributed by atoms with Crippen molar-refractivity contribution >= 4 is 17.3 Å². The van der Waals surface area contributed by atoms with Gasteiger partial charge in [0.15, 0.2) is 29.2 Å². The first-order valence-corrected chi connectivity index (χ1v) is 7.49. The van der Waals surface area contributed by atoms with Crippen LogP contribution < -0.4 is 19.5 Å². The highest BCUT2D eigenvalue weighted by atomic mass is 19.1. The van der Waals surface area contributed by atoms with Crippen LogP contribution in [0.3, 0.4) is 0 Å². The third kappa shape index (κ3) is 4.38. The van der Waals surface area contributed by atoms with Crippen molar-refractivity contribution in [2.75, 3.05) is 19.5 Å². The van der Waals surface area contributed by atoms with Crippen molar-refractivity contribution < 1.29 is 28.3 Å². The number of carbonyl (C=O) groups is 1. The van der Waals surface area contributed by atoms with Crippen LogP contribution in [0.2, 0.25) is 0 Å². The van der Waals surface area contributed by atoms with Crippen LogP contribution in [0.4, 0.5) is 15.8 Å². The van der Waals surface area contributed by atoms with Crippen LogP contribution in [-0.2, 0) is 4.79 Å². The zero-order chi connectivity index (χ0) is 19.3. The minimum absolute atomic E-state index is 0.259. The molecular formula is C17H17FN2O6. The number of nitro benzene ring substituents is 1. The van der Waals surface area contributed by atoms with Crippen LogP contribution in [-0.4, -0.2) is 31.2 Å². The lowest BCUT2D eigenvalue weighted by Crippen LogP contribution is -2.30. The molecule has 0 aliphatic heterocycles. The van der Waals surface area contributed by atoms with E-state index in [-0.39, 0.29) is 5.75 Å². The predicted octanol–water partition coefficient (Wildman–Crippen LogP) is 3.16. The number of nitro groups is 1. The fourth-order valence-corrected chi connectivity index (χ4v) is 2.10. The lowest BCUT2D eigenvalue weighted by molar-refractivity contribution is -0.385. The van der Waals surface area contributed by atoms with Crippen molar-refractivity contribution in [1.82, 2.24) is 0 Å². The Bertz CT molecular complexity index is 827. The summed E-state index contributed by atoms with van der Waals surface area (Å²) >= 11 is 0. The smallest absolute Gasteiger partial charge is 0.272 e. The Morgan fingerprint density at radius 1 is 1.12 bits per heavy atom. The Morgan fingerprint density at radius 3 is 2.35 bits per heavy atom. The number of benzene rings is 2. The molecule has 0 spiro atoms. The summed E-state index contributed by atoms with van der Waals surface area (Å²) in [5, 5.41) is 13.2.